The molecule has 0 fully saturated rings. The summed E-state index contributed by atoms with van der Waals surface area (Å²) >= 11 is 0. The van der Waals surface area contributed by atoms with Crippen molar-refractivity contribution in [2.75, 3.05) is 0 Å². The molecule has 37 valence electrons. The van der Waals surface area contributed by atoms with Gasteiger partial charge >= 0.3 is 0 Å². The van der Waals surface area contributed by atoms with Crippen LogP contribution in [0.4, 0.5) is 0 Å². The van der Waals surface area contributed by atoms with Crippen LogP contribution < -0.4 is 0 Å². The van der Waals surface area contributed by atoms with E-state index in [1.807, 2.05) is 6.08 Å². The summed E-state index contributed by atoms with van der Waals surface area (Å²) in [5, 5.41) is 0. The van der Waals surface area contributed by atoms with Gasteiger partial charge in [-0.3, -0.25) is 0 Å². The van der Waals surface area contributed by atoms with Crippen molar-refractivity contribution in [1.29, 1.82) is 0 Å². The second kappa shape index (κ2) is 1.97. The SMILES string of the molecule is CC1=CCC[C]=C1. The fourth-order valence-electron chi connectivity index (χ4n) is 0.675. The molecule has 0 heterocycles. The molecule has 0 aromatic carbocycles. The molecule has 0 amide bonds. The van der Waals surface area contributed by atoms with Crippen molar-refractivity contribution in [3.8, 4) is 0 Å². The van der Waals surface area contributed by atoms with E-state index in [2.05, 4.69) is 19.1 Å². The number of rotatable bonds is 0. The lowest BCUT2D eigenvalue weighted by Gasteiger charge is -1.96. The van der Waals surface area contributed by atoms with E-state index < -0.39 is 0 Å². The van der Waals surface area contributed by atoms with Crippen LogP contribution in [0.5, 0.6) is 0 Å². The summed E-state index contributed by atoms with van der Waals surface area (Å²) < 4.78 is 0. The van der Waals surface area contributed by atoms with Crippen molar-refractivity contribution in [3.63, 3.8) is 0 Å². The zero-order valence-corrected chi connectivity index (χ0v) is 4.57. The van der Waals surface area contributed by atoms with E-state index in [0.717, 1.165) is 6.42 Å². The van der Waals surface area contributed by atoms with Crippen LogP contribution in [0.25, 0.3) is 0 Å². The third-order valence-corrected chi connectivity index (χ3v) is 1.08. The van der Waals surface area contributed by atoms with Crippen LogP contribution in [0.3, 0.4) is 0 Å². The van der Waals surface area contributed by atoms with Crippen LogP contribution in [-0.2, 0) is 0 Å². The normalized spacial score (nSPS) is 19.3. The molecular formula is C7H9. The maximum absolute atomic E-state index is 3.14. The largest absolute Gasteiger partial charge is 0.0813 e. The number of hydrogen-bond donors (Lipinski definition) is 0. The molecule has 0 aromatic rings. The number of allylic oxidation sites excluding steroid dienone is 4. The van der Waals surface area contributed by atoms with Gasteiger partial charge < -0.3 is 0 Å². The summed E-state index contributed by atoms with van der Waals surface area (Å²) in [6.45, 7) is 2.10. The molecule has 1 aliphatic rings. The van der Waals surface area contributed by atoms with Crippen LogP contribution in [0.15, 0.2) is 17.7 Å². The van der Waals surface area contributed by atoms with Gasteiger partial charge in [-0.1, -0.05) is 17.7 Å². The zero-order chi connectivity index (χ0) is 5.11. The third-order valence-electron chi connectivity index (χ3n) is 1.08. The first-order chi connectivity index (χ1) is 3.39. The second-order valence-electron chi connectivity index (χ2n) is 1.84. The highest BCUT2D eigenvalue weighted by atomic mass is 13.9. The molecule has 7 heavy (non-hydrogen) atoms. The van der Waals surface area contributed by atoms with Crippen molar-refractivity contribution >= 4 is 0 Å². The third kappa shape index (κ3) is 1.19. The maximum Gasteiger partial charge on any atom is -0.0241 e. The predicted molar refractivity (Wildman–Crippen MR) is 30.8 cm³/mol. The standard InChI is InChI=1S/C7H9/c1-7-5-3-2-4-6-7/h5-6H,2-3H2,1H3. The van der Waals surface area contributed by atoms with Gasteiger partial charge in [-0.25, -0.2) is 0 Å². The lowest BCUT2D eigenvalue weighted by Crippen LogP contribution is -1.77. The van der Waals surface area contributed by atoms with Crippen LogP contribution in [-0.4, -0.2) is 0 Å². The first-order valence-corrected chi connectivity index (χ1v) is 2.63. The lowest BCUT2D eigenvalue weighted by atomic mass is 10.1. The Morgan fingerprint density at radius 1 is 1.71 bits per heavy atom. The van der Waals surface area contributed by atoms with Crippen LogP contribution in [0.1, 0.15) is 19.8 Å². The van der Waals surface area contributed by atoms with E-state index in [0.29, 0.717) is 0 Å². The van der Waals surface area contributed by atoms with Crippen molar-refractivity contribution < 1.29 is 0 Å². The minimum absolute atomic E-state index is 1.11. The van der Waals surface area contributed by atoms with Crippen LogP contribution in [0, 0.1) is 6.08 Å². The molecule has 0 atom stereocenters. The summed E-state index contributed by atoms with van der Waals surface area (Å²) in [7, 11) is 0. The van der Waals surface area contributed by atoms with Gasteiger partial charge in [0, 0.05) is 0 Å². The molecule has 0 heteroatoms. The fraction of sp³-hybridized carbons (Fsp3) is 0.429. The Balaban J connectivity index is 2.58. The zero-order valence-electron chi connectivity index (χ0n) is 4.57. The van der Waals surface area contributed by atoms with Gasteiger partial charge in [0.1, 0.15) is 0 Å². The summed E-state index contributed by atoms with van der Waals surface area (Å²) in [4.78, 5) is 0. The molecule has 0 spiro atoms. The van der Waals surface area contributed by atoms with Gasteiger partial charge in [-0.05, 0) is 25.8 Å². The number of hydrogen-bond acceptors (Lipinski definition) is 0. The highest BCUT2D eigenvalue weighted by Gasteiger charge is 1.87. The fourth-order valence-corrected chi connectivity index (χ4v) is 0.675. The van der Waals surface area contributed by atoms with Crippen molar-refractivity contribution in [3.05, 3.63) is 23.8 Å². The molecule has 0 saturated heterocycles. The molecule has 0 unspecified atom stereocenters. The van der Waals surface area contributed by atoms with E-state index in [9.17, 15) is 0 Å². The maximum atomic E-state index is 3.14. The first kappa shape index (κ1) is 4.63. The van der Waals surface area contributed by atoms with Crippen molar-refractivity contribution in [2.24, 2.45) is 0 Å². The van der Waals surface area contributed by atoms with E-state index in [1.54, 1.807) is 0 Å². The summed E-state index contributed by atoms with van der Waals surface area (Å²) in [5.74, 6) is 0. The Hall–Kier alpha value is -0.520. The Labute approximate surface area is 44.5 Å². The average molecular weight is 93.1 g/mol. The molecule has 1 radical (unpaired) electrons. The first-order valence-electron chi connectivity index (χ1n) is 2.63. The predicted octanol–water partition coefficient (Wildman–Crippen LogP) is 2.09. The van der Waals surface area contributed by atoms with Gasteiger partial charge in [0.05, 0.1) is 0 Å². The molecule has 1 aliphatic carbocycles. The van der Waals surface area contributed by atoms with E-state index in [4.69, 9.17) is 0 Å². The monoisotopic (exact) mass is 93.1 g/mol. The molecule has 0 N–H and O–H groups in total. The topological polar surface area (TPSA) is 0 Å². The molecular weight excluding hydrogens is 84.1 g/mol. The summed E-state index contributed by atoms with van der Waals surface area (Å²) in [6, 6.07) is 0. The van der Waals surface area contributed by atoms with E-state index in [-0.39, 0.29) is 0 Å². The van der Waals surface area contributed by atoms with E-state index >= 15 is 0 Å². The Bertz CT molecular complexity index is 107. The minimum atomic E-state index is 1.11. The quantitative estimate of drug-likeness (QED) is 0.430. The average Bonchev–Trinajstić information content (AvgIpc) is 1.69. The second-order valence-corrected chi connectivity index (χ2v) is 1.84. The smallest absolute Gasteiger partial charge is 0.0241 e. The van der Waals surface area contributed by atoms with E-state index in [1.165, 1.54) is 12.0 Å². The molecule has 0 bridgehead atoms. The van der Waals surface area contributed by atoms with Gasteiger partial charge in [-0.15, -0.1) is 0 Å². The Morgan fingerprint density at radius 2 is 2.57 bits per heavy atom. The molecule has 0 aromatic heterocycles. The van der Waals surface area contributed by atoms with Gasteiger partial charge in [0.25, 0.3) is 0 Å². The lowest BCUT2D eigenvalue weighted by molar-refractivity contribution is 0.991. The Morgan fingerprint density at radius 3 is 2.86 bits per heavy atom. The van der Waals surface area contributed by atoms with Crippen molar-refractivity contribution in [1.82, 2.24) is 0 Å². The van der Waals surface area contributed by atoms with Crippen LogP contribution >= 0.6 is 0 Å². The summed E-state index contributed by atoms with van der Waals surface area (Å²) in [5.41, 5.74) is 1.35. The minimum Gasteiger partial charge on any atom is -0.0813 e. The highest BCUT2D eigenvalue weighted by molar-refractivity contribution is 5.16. The Kier molecular flexibility index (Phi) is 1.30. The van der Waals surface area contributed by atoms with Gasteiger partial charge in [0.15, 0.2) is 0 Å². The highest BCUT2D eigenvalue weighted by Crippen LogP contribution is 2.06. The molecule has 0 aliphatic heterocycles. The molecule has 0 nitrogen and oxygen atoms in total. The van der Waals surface area contributed by atoms with Gasteiger partial charge in [-0.2, -0.15) is 0 Å². The van der Waals surface area contributed by atoms with Crippen LogP contribution in [0.2, 0.25) is 0 Å². The molecule has 1 rings (SSSR count). The summed E-state index contributed by atoms with van der Waals surface area (Å²) in [6.07, 6.45) is 9.71. The van der Waals surface area contributed by atoms with Gasteiger partial charge in [0.2, 0.25) is 0 Å². The van der Waals surface area contributed by atoms with Crippen molar-refractivity contribution in [2.45, 2.75) is 19.8 Å². The molecule has 0 saturated carbocycles.